The van der Waals surface area contributed by atoms with Crippen LogP contribution in [-0.4, -0.2) is 48.0 Å². The van der Waals surface area contributed by atoms with Gasteiger partial charge in [-0.25, -0.2) is 28.5 Å². The van der Waals surface area contributed by atoms with Gasteiger partial charge in [0, 0.05) is 22.7 Å². The zero-order valence-electron chi connectivity index (χ0n) is 27.9. The van der Waals surface area contributed by atoms with Gasteiger partial charge in [-0.3, -0.25) is 15.0 Å². The molecule has 12 nitrogen and oxygen atoms in total. The highest BCUT2D eigenvalue weighted by Gasteiger charge is 2.69. The summed E-state index contributed by atoms with van der Waals surface area (Å²) < 4.78 is 49.7. The number of hydrogen-bond acceptors (Lipinski definition) is 8. The van der Waals surface area contributed by atoms with Crippen LogP contribution in [0.4, 0.5) is 19.0 Å². The van der Waals surface area contributed by atoms with Crippen molar-refractivity contribution in [3.8, 4) is 17.2 Å². The molecule has 5 aromatic rings. The minimum atomic E-state index is -4.77. The third-order valence-electron chi connectivity index (χ3n) is 10.4. The lowest BCUT2D eigenvalue weighted by atomic mass is 9.53. The third-order valence-corrected chi connectivity index (χ3v) is 10.9. The molecule has 1 saturated carbocycles. The Morgan fingerprint density at radius 3 is 2.35 bits per heavy atom. The number of carbonyl (C=O) groups is 2. The fourth-order valence-corrected chi connectivity index (χ4v) is 8.49. The molecular weight excluding hydrogens is 752 g/mol. The number of fused-ring (bicyclic) bond motifs is 4. The molecular formula is C37H27Cl2F3N6O6. The van der Waals surface area contributed by atoms with Gasteiger partial charge >= 0.3 is 17.6 Å². The van der Waals surface area contributed by atoms with Crippen molar-refractivity contribution in [2.75, 3.05) is 12.5 Å². The first-order chi connectivity index (χ1) is 25.8. The number of imide groups is 1. The molecule has 54 heavy (non-hydrogen) atoms. The van der Waals surface area contributed by atoms with Crippen molar-refractivity contribution in [3.05, 3.63) is 144 Å². The number of allylic oxidation sites excluding steroid dienone is 2. The summed E-state index contributed by atoms with van der Waals surface area (Å²) in [5.41, 5.74) is -0.629. The standard InChI is InChI=1S/C37H27Cl2F3N6O6/c1-54-28-9-5-8-27(49)29(28)30-23-14-15-45-34(52)46(22-6-3-2-4-7-22)35(53)48(45)26(23)17-24-32(50)47(33(51)36(24,30)19-10-12-21(38)13-11-19)44-31-25(39)16-20(18-43-31)37(40,41)42/h2-14,16,18,24,26,30,49H,15,17H2,1H3,(H,43,44)/t24-,26+,30+,36+/m0/s1. The number of hydrogen-bond donors (Lipinski definition) is 2. The van der Waals surface area contributed by atoms with Crippen LogP contribution in [0.25, 0.3) is 5.69 Å². The molecule has 0 spiro atoms. The van der Waals surface area contributed by atoms with Crippen molar-refractivity contribution in [3.63, 3.8) is 0 Å². The predicted molar refractivity (Wildman–Crippen MR) is 190 cm³/mol. The van der Waals surface area contributed by atoms with Crippen LogP contribution >= 0.6 is 23.2 Å². The highest BCUT2D eigenvalue weighted by atomic mass is 35.5. The number of halogens is 5. The second-order valence-electron chi connectivity index (χ2n) is 13.0. The molecule has 0 unspecified atom stereocenters. The van der Waals surface area contributed by atoms with E-state index in [4.69, 9.17) is 27.9 Å². The number of carbonyl (C=O) groups excluding carboxylic acids is 2. The molecule has 2 N–H and O–H groups in total. The number of phenols is 1. The van der Waals surface area contributed by atoms with E-state index in [-0.39, 0.29) is 30.0 Å². The zero-order valence-corrected chi connectivity index (χ0v) is 29.4. The van der Waals surface area contributed by atoms with E-state index < -0.39 is 69.1 Å². The normalized spacial score (nSPS) is 22.0. The molecule has 2 amide bonds. The van der Waals surface area contributed by atoms with Crippen LogP contribution in [0.1, 0.15) is 35.1 Å². The van der Waals surface area contributed by atoms with Gasteiger partial charge in [0.05, 0.1) is 47.3 Å². The smallest absolute Gasteiger partial charge is 0.417 e. The molecule has 3 aliphatic rings. The summed E-state index contributed by atoms with van der Waals surface area (Å²) in [6, 6.07) is 18.6. The number of nitrogens with zero attached hydrogens (tertiary/aromatic N) is 5. The molecule has 17 heteroatoms. The molecule has 8 rings (SSSR count). The summed E-state index contributed by atoms with van der Waals surface area (Å²) in [5.74, 6) is -4.78. The maximum Gasteiger partial charge on any atom is 0.417 e. The number of aromatic nitrogens is 4. The SMILES string of the molecule is COc1cccc(O)c1[C@H]1C2=CCn3c(=O)n(-c4ccccc4)c(=O)n3[C@@H]2C[C@H]2C(=O)N(Nc3ncc(C(F)(F)F)cc3Cl)C(=O)[C@@]12c1ccc(Cl)cc1. The number of anilines is 1. The van der Waals surface area contributed by atoms with Crippen LogP contribution in [0, 0.1) is 5.92 Å². The van der Waals surface area contributed by atoms with Gasteiger partial charge in [-0.2, -0.15) is 18.2 Å². The van der Waals surface area contributed by atoms with Gasteiger partial charge in [0.2, 0.25) is 0 Å². The Balaban J connectivity index is 1.38. The average Bonchev–Trinajstić information content (AvgIpc) is 3.53. The maximum absolute atomic E-state index is 15.3. The number of phenolic OH excluding ortho intramolecular Hbond substituents is 1. The maximum atomic E-state index is 15.3. The lowest BCUT2D eigenvalue weighted by Crippen LogP contribution is -2.53. The Bertz CT molecular complexity index is 2520. The molecule has 2 aromatic heterocycles. The second kappa shape index (κ2) is 12.7. The summed E-state index contributed by atoms with van der Waals surface area (Å²) in [6.45, 7) is -0.108. The van der Waals surface area contributed by atoms with E-state index >= 15 is 4.79 Å². The first-order valence-electron chi connectivity index (χ1n) is 16.5. The van der Waals surface area contributed by atoms with Crippen molar-refractivity contribution in [1.82, 2.24) is 23.9 Å². The molecule has 276 valence electrons. The van der Waals surface area contributed by atoms with Gasteiger partial charge in [0.25, 0.3) is 11.8 Å². The third kappa shape index (κ3) is 5.09. The molecule has 2 aliphatic heterocycles. The number of amides is 2. The van der Waals surface area contributed by atoms with Crippen LogP contribution in [0.3, 0.4) is 0 Å². The number of alkyl halides is 3. The van der Waals surface area contributed by atoms with E-state index in [1.54, 1.807) is 54.6 Å². The van der Waals surface area contributed by atoms with Crippen LogP contribution in [0.15, 0.2) is 106 Å². The number of benzene rings is 3. The van der Waals surface area contributed by atoms with Gasteiger partial charge in [0.1, 0.15) is 11.5 Å². The summed E-state index contributed by atoms with van der Waals surface area (Å²) >= 11 is 12.5. The molecule has 3 aromatic carbocycles. The first-order valence-corrected chi connectivity index (χ1v) is 17.2. The summed E-state index contributed by atoms with van der Waals surface area (Å²) in [5, 5.41) is 12.1. The monoisotopic (exact) mass is 778 g/mol. The highest BCUT2D eigenvalue weighted by Crippen LogP contribution is 2.64. The number of pyridine rings is 1. The Morgan fingerprint density at radius 2 is 1.69 bits per heavy atom. The van der Waals surface area contributed by atoms with E-state index in [0.29, 0.717) is 39.1 Å². The molecule has 0 radical (unpaired) electrons. The Kier molecular flexibility index (Phi) is 8.26. The number of rotatable bonds is 6. The number of methoxy groups -OCH3 is 1. The van der Waals surface area contributed by atoms with Gasteiger partial charge in [0.15, 0.2) is 5.82 Å². The quantitative estimate of drug-likeness (QED) is 0.162. The fraction of sp³-hybridized carbons (Fsp3) is 0.216. The second-order valence-corrected chi connectivity index (χ2v) is 13.9. The minimum Gasteiger partial charge on any atom is -0.508 e. The van der Waals surface area contributed by atoms with E-state index in [2.05, 4.69) is 10.4 Å². The molecule has 4 atom stereocenters. The number of hydrazine groups is 1. The zero-order chi connectivity index (χ0) is 38.3. The number of ether oxygens (including phenoxy) is 1. The Morgan fingerprint density at radius 1 is 0.963 bits per heavy atom. The minimum absolute atomic E-state index is 0.108. The molecule has 4 heterocycles. The van der Waals surface area contributed by atoms with Gasteiger partial charge in [-0.1, -0.05) is 65.7 Å². The average molecular weight is 780 g/mol. The lowest BCUT2D eigenvalue weighted by molar-refractivity contribution is -0.139. The van der Waals surface area contributed by atoms with Crippen LogP contribution < -0.4 is 21.5 Å². The van der Waals surface area contributed by atoms with E-state index in [0.717, 1.165) is 4.57 Å². The van der Waals surface area contributed by atoms with Crippen molar-refractivity contribution >= 4 is 40.8 Å². The van der Waals surface area contributed by atoms with Gasteiger partial charge < -0.3 is 9.84 Å². The van der Waals surface area contributed by atoms with Crippen molar-refractivity contribution in [1.29, 1.82) is 0 Å². The van der Waals surface area contributed by atoms with Crippen LogP contribution in [-0.2, 0) is 27.7 Å². The lowest BCUT2D eigenvalue weighted by Gasteiger charge is -2.49. The summed E-state index contributed by atoms with van der Waals surface area (Å²) in [4.78, 5) is 62.0. The van der Waals surface area contributed by atoms with E-state index in [9.17, 15) is 32.7 Å². The molecule has 1 aliphatic carbocycles. The Labute approximate surface area is 313 Å². The fourth-order valence-electron chi connectivity index (χ4n) is 8.16. The van der Waals surface area contributed by atoms with Crippen LogP contribution in [0.5, 0.6) is 11.5 Å². The Hall–Kier alpha value is -5.80. The highest BCUT2D eigenvalue weighted by molar-refractivity contribution is 6.33. The van der Waals surface area contributed by atoms with E-state index in [1.165, 1.54) is 40.7 Å². The first kappa shape index (κ1) is 35.2. The number of para-hydroxylation sites is 1. The van der Waals surface area contributed by atoms with Crippen molar-refractivity contribution in [2.45, 2.75) is 36.5 Å². The van der Waals surface area contributed by atoms with Gasteiger partial charge in [-0.05, 0) is 60.0 Å². The number of aromatic hydroxyl groups is 1. The van der Waals surface area contributed by atoms with Crippen LogP contribution in [0.2, 0.25) is 10.0 Å². The molecule has 0 bridgehead atoms. The topological polar surface area (TPSA) is 141 Å². The molecule has 1 saturated heterocycles. The van der Waals surface area contributed by atoms with Gasteiger partial charge in [-0.15, -0.1) is 0 Å². The van der Waals surface area contributed by atoms with E-state index in [1.807, 2.05) is 0 Å². The number of nitrogens with one attached hydrogen (secondary N) is 1. The summed E-state index contributed by atoms with van der Waals surface area (Å²) in [7, 11) is 1.37. The summed E-state index contributed by atoms with van der Waals surface area (Å²) in [6.07, 6.45) is -2.75. The van der Waals surface area contributed by atoms with Crippen molar-refractivity contribution in [2.24, 2.45) is 5.92 Å². The predicted octanol–water partition coefficient (Wildman–Crippen LogP) is 5.85. The largest absolute Gasteiger partial charge is 0.508 e. The molecule has 2 fully saturated rings. The van der Waals surface area contributed by atoms with Crippen molar-refractivity contribution < 1.29 is 32.6 Å².